The monoisotopic (exact) mass is 568 g/mol. The van der Waals surface area contributed by atoms with E-state index >= 15 is 0 Å². The average Bonchev–Trinajstić information content (AvgIpc) is 2.86. The summed E-state index contributed by atoms with van der Waals surface area (Å²) in [5.74, 6) is 5.39. The highest BCUT2D eigenvalue weighted by atomic mass is 19.4. The first-order valence-electron chi connectivity index (χ1n) is 13.0. The third-order valence-electron chi connectivity index (χ3n) is 7.34. The van der Waals surface area contributed by atoms with Gasteiger partial charge in [0.1, 0.15) is 0 Å². The lowest BCUT2D eigenvalue weighted by Gasteiger charge is -2.34. The summed E-state index contributed by atoms with van der Waals surface area (Å²) in [6.07, 6.45) is -8.11. The van der Waals surface area contributed by atoms with Crippen molar-refractivity contribution in [2.75, 3.05) is 0 Å². The molecular formula is C31H34F6O3. The molecule has 2 aromatic carbocycles. The maximum absolute atomic E-state index is 13.1. The SMILES string of the molecule is CCC(CC)(c1ccc(C#CCCCCC(=O)O)c(C)c1)c1ccc(C=CC(O)(C(F)(F)F)C(F)(F)F)c(C)c1. The van der Waals surface area contributed by atoms with Crippen molar-refractivity contribution in [3.63, 3.8) is 0 Å². The Morgan fingerprint density at radius 3 is 1.90 bits per heavy atom. The second-order valence-electron chi connectivity index (χ2n) is 9.89. The van der Waals surface area contributed by atoms with Crippen LogP contribution in [0.25, 0.3) is 6.08 Å². The molecule has 40 heavy (non-hydrogen) atoms. The Balaban J connectivity index is 2.39. The van der Waals surface area contributed by atoms with Gasteiger partial charge < -0.3 is 10.2 Å². The maximum atomic E-state index is 13.1. The predicted octanol–water partition coefficient (Wildman–Crippen LogP) is 8.27. The fourth-order valence-corrected chi connectivity index (χ4v) is 4.70. The zero-order chi connectivity index (χ0) is 30.4. The zero-order valence-corrected chi connectivity index (χ0v) is 22.9. The number of unbranched alkanes of at least 4 members (excludes halogenated alkanes) is 2. The van der Waals surface area contributed by atoms with Crippen LogP contribution in [-0.2, 0) is 10.2 Å². The number of alkyl halides is 6. The molecule has 0 unspecified atom stereocenters. The van der Waals surface area contributed by atoms with Crippen LogP contribution in [0.4, 0.5) is 26.3 Å². The summed E-state index contributed by atoms with van der Waals surface area (Å²) < 4.78 is 78.4. The fraction of sp³-hybridized carbons (Fsp3) is 0.452. The van der Waals surface area contributed by atoms with Crippen molar-refractivity contribution >= 4 is 12.0 Å². The van der Waals surface area contributed by atoms with Crippen molar-refractivity contribution in [3.05, 3.63) is 75.9 Å². The van der Waals surface area contributed by atoms with E-state index in [0.29, 0.717) is 43.7 Å². The molecule has 2 aromatic rings. The highest BCUT2D eigenvalue weighted by Crippen LogP contribution is 2.45. The minimum Gasteiger partial charge on any atom is -0.481 e. The number of aliphatic carboxylic acids is 1. The van der Waals surface area contributed by atoms with Gasteiger partial charge >= 0.3 is 18.3 Å². The van der Waals surface area contributed by atoms with E-state index in [0.717, 1.165) is 22.3 Å². The fourth-order valence-electron chi connectivity index (χ4n) is 4.70. The van der Waals surface area contributed by atoms with E-state index in [1.165, 1.54) is 6.07 Å². The number of carbonyl (C=O) groups is 1. The highest BCUT2D eigenvalue weighted by molar-refractivity contribution is 5.66. The van der Waals surface area contributed by atoms with Crippen molar-refractivity contribution in [2.24, 2.45) is 0 Å². The first-order valence-corrected chi connectivity index (χ1v) is 13.0. The number of hydrogen-bond acceptors (Lipinski definition) is 2. The number of hydrogen-bond donors (Lipinski definition) is 2. The second kappa shape index (κ2) is 12.9. The number of benzene rings is 2. The van der Waals surface area contributed by atoms with Gasteiger partial charge in [-0.05, 0) is 79.5 Å². The van der Waals surface area contributed by atoms with Gasteiger partial charge in [0.25, 0.3) is 5.60 Å². The minimum absolute atomic E-state index is 0.117. The zero-order valence-electron chi connectivity index (χ0n) is 22.9. The van der Waals surface area contributed by atoms with E-state index in [1.54, 1.807) is 19.1 Å². The Labute approximate surface area is 230 Å². The van der Waals surface area contributed by atoms with Crippen molar-refractivity contribution in [1.29, 1.82) is 0 Å². The van der Waals surface area contributed by atoms with E-state index in [1.807, 2.05) is 39.0 Å². The molecule has 0 amide bonds. The molecule has 0 bridgehead atoms. The minimum atomic E-state index is -5.93. The average molecular weight is 569 g/mol. The van der Waals surface area contributed by atoms with Crippen LogP contribution in [0.1, 0.15) is 85.8 Å². The molecule has 0 atom stereocenters. The smallest absolute Gasteiger partial charge is 0.430 e. The Bertz CT molecular complexity index is 1260. The molecule has 2 N–H and O–H groups in total. The third kappa shape index (κ3) is 7.28. The van der Waals surface area contributed by atoms with Gasteiger partial charge in [-0.2, -0.15) is 26.3 Å². The van der Waals surface area contributed by atoms with E-state index in [2.05, 4.69) is 11.8 Å². The molecule has 0 heterocycles. The summed E-state index contributed by atoms with van der Waals surface area (Å²) in [5, 5.41) is 18.1. The quantitative estimate of drug-likeness (QED) is 0.172. The molecule has 2 rings (SSSR count). The molecule has 0 saturated heterocycles. The van der Waals surface area contributed by atoms with Crippen molar-refractivity contribution in [2.45, 2.75) is 89.6 Å². The van der Waals surface area contributed by atoms with Gasteiger partial charge in [0.15, 0.2) is 0 Å². The molecular weight excluding hydrogens is 534 g/mol. The molecule has 3 nitrogen and oxygen atoms in total. The van der Waals surface area contributed by atoms with Gasteiger partial charge in [-0.3, -0.25) is 4.79 Å². The Morgan fingerprint density at radius 1 is 0.875 bits per heavy atom. The number of aliphatic hydroxyl groups is 1. The number of halogens is 6. The van der Waals surface area contributed by atoms with Crippen LogP contribution in [0.15, 0.2) is 42.5 Å². The van der Waals surface area contributed by atoms with E-state index in [-0.39, 0.29) is 18.1 Å². The molecule has 0 spiro atoms. The molecule has 0 aromatic heterocycles. The largest absolute Gasteiger partial charge is 0.481 e. The van der Waals surface area contributed by atoms with E-state index in [9.17, 15) is 36.2 Å². The summed E-state index contributed by atoms with van der Waals surface area (Å²) >= 11 is 0. The van der Waals surface area contributed by atoms with Crippen LogP contribution in [0, 0.1) is 25.7 Å². The van der Waals surface area contributed by atoms with Crippen LogP contribution in [0.3, 0.4) is 0 Å². The standard InChI is InChI=1S/C31H34F6O3/c1-5-28(6-2,25-15-13-23(21(3)19-25)11-9-7-8-10-12-27(38)39)26-16-14-24(22(4)20-26)17-18-29(40,30(32,33)34)31(35,36)37/h13-20,40H,5-8,10,12H2,1-4H3,(H,38,39). The van der Waals surface area contributed by atoms with Gasteiger partial charge in [-0.1, -0.05) is 62.1 Å². The first-order chi connectivity index (χ1) is 18.5. The molecule has 0 radical (unpaired) electrons. The van der Waals surface area contributed by atoms with Crippen LogP contribution < -0.4 is 0 Å². The second-order valence-corrected chi connectivity index (χ2v) is 9.89. The summed E-state index contributed by atoms with van der Waals surface area (Å²) in [7, 11) is 0. The number of rotatable bonds is 10. The number of carboxylic acids is 1. The number of aryl methyl sites for hydroxylation is 2. The molecule has 9 heteroatoms. The first kappa shape index (κ1) is 33.0. The van der Waals surface area contributed by atoms with Crippen LogP contribution in [0.5, 0.6) is 0 Å². The Hall–Kier alpha value is -3.25. The van der Waals surface area contributed by atoms with Gasteiger partial charge in [0.05, 0.1) is 0 Å². The van der Waals surface area contributed by atoms with Gasteiger partial charge in [-0.15, -0.1) is 0 Å². The van der Waals surface area contributed by atoms with Gasteiger partial charge in [-0.25, -0.2) is 0 Å². The van der Waals surface area contributed by atoms with Crippen molar-refractivity contribution in [1.82, 2.24) is 0 Å². The Kier molecular flexibility index (Phi) is 10.7. The van der Waals surface area contributed by atoms with Crippen molar-refractivity contribution < 1.29 is 41.4 Å². The Morgan fingerprint density at radius 2 is 1.43 bits per heavy atom. The summed E-state index contributed by atoms with van der Waals surface area (Å²) in [6.45, 7) is 7.56. The van der Waals surface area contributed by atoms with E-state index in [4.69, 9.17) is 5.11 Å². The molecule has 0 aliphatic carbocycles. The van der Waals surface area contributed by atoms with Gasteiger partial charge in [0.2, 0.25) is 0 Å². The third-order valence-corrected chi connectivity index (χ3v) is 7.34. The molecule has 218 valence electrons. The molecule has 0 aliphatic rings. The maximum Gasteiger partial charge on any atom is 0.430 e. The predicted molar refractivity (Wildman–Crippen MR) is 143 cm³/mol. The molecule has 0 fully saturated rings. The summed E-state index contributed by atoms with van der Waals surface area (Å²) in [4.78, 5) is 10.6. The highest BCUT2D eigenvalue weighted by Gasteiger charge is 2.68. The summed E-state index contributed by atoms with van der Waals surface area (Å²) in [5.41, 5.74) is -1.14. The number of carboxylic acid groups (broad SMARTS) is 1. The van der Waals surface area contributed by atoms with Gasteiger partial charge in [0, 0.05) is 23.8 Å². The summed E-state index contributed by atoms with van der Waals surface area (Å²) in [6, 6.07) is 10.9. The molecule has 0 saturated carbocycles. The lowest BCUT2D eigenvalue weighted by molar-refractivity contribution is -0.347. The molecule has 0 aliphatic heterocycles. The van der Waals surface area contributed by atoms with E-state index < -0.39 is 29.3 Å². The lowest BCUT2D eigenvalue weighted by atomic mass is 9.69. The van der Waals surface area contributed by atoms with Crippen LogP contribution in [0.2, 0.25) is 0 Å². The normalized spacial score (nSPS) is 12.9. The van der Waals surface area contributed by atoms with Crippen LogP contribution in [-0.4, -0.2) is 34.1 Å². The lowest BCUT2D eigenvalue weighted by Crippen LogP contribution is -2.55. The topological polar surface area (TPSA) is 57.5 Å². The van der Waals surface area contributed by atoms with Crippen molar-refractivity contribution in [3.8, 4) is 11.8 Å². The van der Waals surface area contributed by atoms with Crippen LogP contribution >= 0.6 is 0 Å².